The predicted molar refractivity (Wildman–Crippen MR) is 95.2 cm³/mol. The van der Waals surface area contributed by atoms with E-state index < -0.39 is 0 Å². The van der Waals surface area contributed by atoms with E-state index in [-0.39, 0.29) is 11.9 Å². The molecule has 0 N–H and O–H groups in total. The van der Waals surface area contributed by atoms with Gasteiger partial charge in [-0.1, -0.05) is 13.0 Å². The molecule has 0 aliphatic rings. The van der Waals surface area contributed by atoms with E-state index in [1.807, 2.05) is 41.3 Å². The Morgan fingerprint density at radius 3 is 2.48 bits per heavy atom. The molecule has 6 nitrogen and oxygen atoms in total. The van der Waals surface area contributed by atoms with E-state index in [2.05, 4.69) is 29.0 Å². The molecule has 0 bridgehead atoms. The number of nitrogens with zero attached hydrogens (tertiary/aromatic N) is 5. The molecule has 2 heterocycles. The number of carbonyl (C=O) groups excluding carboxylic acids is 1. The summed E-state index contributed by atoms with van der Waals surface area (Å²) in [4.78, 5) is 19.1. The third kappa shape index (κ3) is 3.91. The third-order valence-electron chi connectivity index (χ3n) is 4.29. The molecule has 1 atom stereocenters. The van der Waals surface area contributed by atoms with E-state index in [1.54, 1.807) is 29.6 Å². The second-order valence-electron chi connectivity index (χ2n) is 5.97. The average Bonchev–Trinajstić information content (AvgIpc) is 3.21. The Bertz CT molecular complexity index is 800. The largest absolute Gasteiger partial charge is 0.332 e. The summed E-state index contributed by atoms with van der Waals surface area (Å²) in [6, 6.07) is 11.5. The maximum absolute atomic E-state index is 13.0. The van der Waals surface area contributed by atoms with E-state index in [0.717, 1.165) is 17.7 Å². The van der Waals surface area contributed by atoms with Gasteiger partial charge in [-0.05, 0) is 49.2 Å². The molecule has 0 spiro atoms. The molecule has 2 aromatic heterocycles. The first-order chi connectivity index (χ1) is 12.2. The Morgan fingerprint density at radius 1 is 1.16 bits per heavy atom. The summed E-state index contributed by atoms with van der Waals surface area (Å²) >= 11 is 0. The van der Waals surface area contributed by atoms with Gasteiger partial charge in [-0.3, -0.25) is 14.3 Å². The predicted octanol–water partition coefficient (Wildman–Crippen LogP) is 3.10. The summed E-state index contributed by atoms with van der Waals surface area (Å²) in [5, 5.41) is 7.59. The zero-order valence-electron chi connectivity index (χ0n) is 14.4. The topological polar surface area (TPSA) is 63.9 Å². The summed E-state index contributed by atoms with van der Waals surface area (Å²) in [6.45, 7) is 4.71. The van der Waals surface area contributed by atoms with Crippen LogP contribution in [0.4, 0.5) is 0 Å². The Hall–Kier alpha value is -3.02. The molecule has 3 aromatic rings. The second kappa shape index (κ2) is 7.70. The first-order valence-corrected chi connectivity index (χ1v) is 8.34. The van der Waals surface area contributed by atoms with Gasteiger partial charge in [-0.15, -0.1) is 10.2 Å². The summed E-state index contributed by atoms with van der Waals surface area (Å²) in [5.74, 6) is 0.0218. The standard InChI is InChI=1S/C19H21N5O/c1-3-15(2)24(12-16-5-4-10-20-11-16)19(25)17-6-8-18(9-7-17)23-13-21-22-14-23/h4-11,13-15H,3,12H2,1-2H3. The van der Waals surface area contributed by atoms with Crippen molar-refractivity contribution in [2.45, 2.75) is 32.9 Å². The average molecular weight is 335 g/mol. The molecule has 0 fully saturated rings. The van der Waals surface area contributed by atoms with E-state index in [1.165, 1.54) is 0 Å². The number of rotatable bonds is 6. The molecule has 1 aromatic carbocycles. The lowest BCUT2D eigenvalue weighted by Gasteiger charge is -2.29. The molecular formula is C19H21N5O. The number of amides is 1. The maximum atomic E-state index is 13.0. The maximum Gasteiger partial charge on any atom is 0.254 e. The smallest absolute Gasteiger partial charge is 0.254 e. The Labute approximate surface area is 147 Å². The summed E-state index contributed by atoms with van der Waals surface area (Å²) in [7, 11) is 0. The van der Waals surface area contributed by atoms with Gasteiger partial charge in [0.2, 0.25) is 0 Å². The molecule has 0 saturated heterocycles. The first kappa shape index (κ1) is 16.8. The van der Waals surface area contributed by atoms with Crippen LogP contribution in [0.3, 0.4) is 0 Å². The quantitative estimate of drug-likeness (QED) is 0.694. The summed E-state index contributed by atoms with van der Waals surface area (Å²) in [6.07, 6.45) is 7.70. The lowest BCUT2D eigenvalue weighted by atomic mass is 10.1. The van der Waals surface area contributed by atoms with Gasteiger partial charge in [-0.2, -0.15) is 0 Å². The fraction of sp³-hybridized carbons (Fsp3) is 0.263. The monoisotopic (exact) mass is 335 g/mol. The van der Waals surface area contributed by atoms with E-state index >= 15 is 0 Å². The van der Waals surface area contributed by atoms with Crippen molar-refractivity contribution >= 4 is 5.91 Å². The number of hydrogen-bond donors (Lipinski definition) is 0. The van der Waals surface area contributed by atoms with Crippen molar-refractivity contribution in [2.75, 3.05) is 0 Å². The Balaban J connectivity index is 1.82. The fourth-order valence-corrected chi connectivity index (χ4v) is 2.61. The summed E-state index contributed by atoms with van der Waals surface area (Å²) in [5.41, 5.74) is 2.61. The molecule has 25 heavy (non-hydrogen) atoms. The van der Waals surface area contributed by atoms with Crippen molar-refractivity contribution in [3.05, 3.63) is 72.6 Å². The number of aromatic nitrogens is 4. The molecule has 0 saturated carbocycles. The highest BCUT2D eigenvalue weighted by Gasteiger charge is 2.21. The van der Waals surface area contributed by atoms with Crippen LogP contribution in [0.1, 0.15) is 36.2 Å². The first-order valence-electron chi connectivity index (χ1n) is 8.34. The van der Waals surface area contributed by atoms with Crippen molar-refractivity contribution in [1.29, 1.82) is 0 Å². The van der Waals surface area contributed by atoms with Crippen molar-refractivity contribution in [3.63, 3.8) is 0 Å². The SMILES string of the molecule is CCC(C)N(Cc1cccnc1)C(=O)c1ccc(-n2cnnc2)cc1. The van der Waals surface area contributed by atoms with E-state index in [4.69, 9.17) is 0 Å². The van der Waals surface area contributed by atoms with Gasteiger partial charge in [0.25, 0.3) is 5.91 Å². The Kier molecular flexibility index (Phi) is 5.18. The molecule has 3 rings (SSSR count). The molecule has 0 aliphatic heterocycles. The molecule has 1 amide bonds. The number of pyridine rings is 1. The van der Waals surface area contributed by atoms with Gasteiger partial charge >= 0.3 is 0 Å². The third-order valence-corrected chi connectivity index (χ3v) is 4.29. The lowest BCUT2D eigenvalue weighted by Crippen LogP contribution is -2.37. The number of hydrogen-bond acceptors (Lipinski definition) is 4. The van der Waals surface area contributed by atoms with Crippen LogP contribution in [0.15, 0.2) is 61.4 Å². The van der Waals surface area contributed by atoms with Crippen LogP contribution in [-0.2, 0) is 6.54 Å². The van der Waals surface area contributed by atoms with Gasteiger partial charge in [0, 0.05) is 36.2 Å². The van der Waals surface area contributed by atoms with Crippen LogP contribution in [-0.4, -0.2) is 36.6 Å². The van der Waals surface area contributed by atoms with Crippen molar-refractivity contribution in [3.8, 4) is 5.69 Å². The molecule has 0 aliphatic carbocycles. The molecule has 1 unspecified atom stereocenters. The Morgan fingerprint density at radius 2 is 1.88 bits per heavy atom. The minimum absolute atomic E-state index is 0.0218. The molecule has 6 heteroatoms. The summed E-state index contributed by atoms with van der Waals surface area (Å²) < 4.78 is 1.80. The van der Waals surface area contributed by atoms with Crippen LogP contribution in [0.2, 0.25) is 0 Å². The van der Waals surface area contributed by atoms with Gasteiger partial charge in [-0.25, -0.2) is 0 Å². The van der Waals surface area contributed by atoms with Crippen LogP contribution in [0.25, 0.3) is 5.69 Å². The van der Waals surface area contributed by atoms with Crippen molar-refractivity contribution in [1.82, 2.24) is 24.6 Å². The minimum atomic E-state index is 0.0218. The molecule has 128 valence electrons. The fourth-order valence-electron chi connectivity index (χ4n) is 2.61. The van der Waals surface area contributed by atoms with Gasteiger partial charge < -0.3 is 4.90 Å². The normalized spacial score (nSPS) is 11.9. The van der Waals surface area contributed by atoms with Gasteiger partial charge in [0.15, 0.2) is 0 Å². The van der Waals surface area contributed by atoms with E-state index in [0.29, 0.717) is 12.1 Å². The molecule has 0 radical (unpaired) electrons. The highest BCUT2D eigenvalue weighted by molar-refractivity contribution is 5.94. The lowest BCUT2D eigenvalue weighted by molar-refractivity contribution is 0.0671. The number of benzene rings is 1. The van der Waals surface area contributed by atoms with Crippen LogP contribution in [0, 0.1) is 0 Å². The molecular weight excluding hydrogens is 314 g/mol. The highest BCUT2D eigenvalue weighted by atomic mass is 16.2. The van der Waals surface area contributed by atoms with Gasteiger partial charge in [0.1, 0.15) is 12.7 Å². The highest BCUT2D eigenvalue weighted by Crippen LogP contribution is 2.16. The van der Waals surface area contributed by atoms with Crippen LogP contribution in [0.5, 0.6) is 0 Å². The zero-order chi connectivity index (χ0) is 17.6. The second-order valence-corrected chi connectivity index (χ2v) is 5.97. The van der Waals surface area contributed by atoms with Crippen LogP contribution >= 0.6 is 0 Å². The van der Waals surface area contributed by atoms with Crippen LogP contribution < -0.4 is 0 Å². The minimum Gasteiger partial charge on any atom is -0.332 e. The number of carbonyl (C=O) groups is 1. The van der Waals surface area contributed by atoms with Crippen molar-refractivity contribution in [2.24, 2.45) is 0 Å². The van der Waals surface area contributed by atoms with Gasteiger partial charge in [0.05, 0.1) is 0 Å². The van der Waals surface area contributed by atoms with E-state index in [9.17, 15) is 4.79 Å². The van der Waals surface area contributed by atoms with Crippen molar-refractivity contribution < 1.29 is 4.79 Å². The zero-order valence-corrected chi connectivity index (χ0v) is 14.4.